The number of rotatable bonds is 6. The average Bonchev–Trinajstić information content (AvgIpc) is 2.60. The van der Waals surface area contributed by atoms with Crippen molar-refractivity contribution in [3.63, 3.8) is 0 Å². The highest BCUT2D eigenvalue weighted by Crippen LogP contribution is 2.10. The zero-order valence-electron chi connectivity index (χ0n) is 13.1. The lowest BCUT2D eigenvalue weighted by Gasteiger charge is -2.09. The Bertz CT molecular complexity index is 804. The number of carbonyl (C=O) groups excluding carboxylic acids is 2. The third kappa shape index (κ3) is 5.54. The fraction of sp³-hybridized carbons (Fsp3) is 0.188. The van der Waals surface area contributed by atoms with Gasteiger partial charge in [0.05, 0.1) is 0 Å². The van der Waals surface area contributed by atoms with Crippen LogP contribution in [0.15, 0.2) is 47.3 Å². The first-order chi connectivity index (χ1) is 12.0. The summed E-state index contributed by atoms with van der Waals surface area (Å²) in [5, 5.41) is 15.0. The molecular weight excluding hydrogens is 350 g/mol. The molecule has 0 aliphatic carbocycles. The number of ether oxygens (including phenoxy) is 1. The van der Waals surface area contributed by atoms with Crippen molar-refractivity contribution in [1.29, 1.82) is 0 Å². The molecular formula is C16H16ClN3O5. The Balaban J connectivity index is 1.69. The molecule has 3 N–H and O–H groups in total. The lowest BCUT2D eigenvalue weighted by Crippen LogP contribution is -2.37. The molecule has 0 spiro atoms. The van der Waals surface area contributed by atoms with Gasteiger partial charge in [-0.2, -0.15) is 0 Å². The summed E-state index contributed by atoms with van der Waals surface area (Å²) in [5.74, 6) is -0.642. The van der Waals surface area contributed by atoms with E-state index in [1.165, 1.54) is 12.1 Å². The van der Waals surface area contributed by atoms with Gasteiger partial charge in [0, 0.05) is 24.2 Å². The van der Waals surface area contributed by atoms with Crippen molar-refractivity contribution in [3.8, 4) is 0 Å². The van der Waals surface area contributed by atoms with Gasteiger partial charge >= 0.3 is 6.09 Å². The van der Waals surface area contributed by atoms with Crippen LogP contribution in [0.1, 0.15) is 16.1 Å². The Morgan fingerprint density at radius 3 is 2.48 bits per heavy atom. The van der Waals surface area contributed by atoms with Gasteiger partial charge in [-0.05, 0) is 23.8 Å². The van der Waals surface area contributed by atoms with Gasteiger partial charge in [0.25, 0.3) is 11.5 Å². The maximum Gasteiger partial charge on any atom is 0.407 e. The Hall–Kier alpha value is -3.00. The van der Waals surface area contributed by atoms with Crippen molar-refractivity contribution in [1.82, 2.24) is 15.4 Å². The summed E-state index contributed by atoms with van der Waals surface area (Å²) in [6.45, 7) is 0.307. The standard InChI is InChI=1S/C16H16ClN3O5/c17-12-6-4-11(5-7-12)10-25-16(23)19-9-8-18-15(22)13-2-1-3-14(21)20(13)24/h1-7,24H,8-10H2,(H,18,22)(H,19,23). The molecule has 0 bridgehead atoms. The Kier molecular flexibility index (Phi) is 6.41. The molecule has 0 unspecified atom stereocenters. The van der Waals surface area contributed by atoms with E-state index in [2.05, 4.69) is 10.6 Å². The van der Waals surface area contributed by atoms with E-state index in [0.717, 1.165) is 11.6 Å². The fourth-order valence-corrected chi connectivity index (χ4v) is 1.99. The molecule has 1 heterocycles. The van der Waals surface area contributed by atoms with E-state index in [1.807, 2.05) is 0 Å². The highest BCUT2D eigenvalue weighted by Gasteiger charge is 2.11. The predicted octanol–water partition coefficient (Wildman–Crippen LogP) is 1.40. The first-order valence-corrected chi connectivity index (χ1v) is 7.70. The first-order valence-electron chi connectivity index (χ1n) is 7.32. The van der Waals surface area contributed by atoms with E-state index >= 15 is 0 Å². The van der Waals surface area contributed by atoms with Crippen LogP contribution < -0.4 is 16.2 Å². The number of nitrogens with zero attached hydrogens (tertiary/aromatic N) is 1. The number of aromatic nitrogens is 1. The largest absolute Gasteiger partial charge is 0.445 e. The minimum Gasteiger partial charge on any atom is -0.445 e. The second-order valence-electron chi connectivity index (χ2n) is 4.95. The van der Waals surface area contributed by atoms with Gasteiger partial charge in [-0.15, -0.1) is 4.73 Å². The molecule has 0 atom stereocenters. The zero-order valence-corrected chi connectivity index (χ0v) is 13.8. The first kappa shape index (κ1) is 18.3. The second-order valence-corrected chi connectivity index (χ2v) is 5.38. The number of nitrogens with one attached hydrogen (secondary N) is 2. The smallest absolute Gasteiger partial charge is 0.407 e. The molecule has 8 nitrogen and oxygen atoms in total. The quantitative estimate of drug-likeness (QED) is 0.529. The number of hydrogen-bond donors (Lipinski definition) is 3. The van der Waals surface area contributed by atoms with E-state index < -0.39 is 17.6 Å². The molecule has 0 aliphatic heterocycles. The summed E-state index contributed by atoms with van der Waals surface area (Å²) in [4.78, 5) is 34.6. The summed E-state index contributed by atoms with van der Waals surface area (Å²) >= 11 is 5.76. The zero-order chi connectivity index (χ0) is 18.2. The van der Waals surface area contributed by atoms with Crippen LogP contribution in [-0.4, -0.2) is 35.0 Å². The van der Waals surface area contributed by atoms with Gasteiger partial charge in [-0.1, -0.05) is 29.8 Å². The van der Waals surface area contributed by atoms with Crippen LogP contribution in [0.4, 0.5) is 4.79 Å². The number of halogens is 1. The van der Waals surface area contributed by atoms with Gasteiger partial charge < -0.3 is 20.6 Å². The third-order valence-electron chi connectivity index (χ3n) is 3.13. The molecule has 0 saturated heterocycles. The van der Waals surface area contributed by atoms with Crippen LogP contribution in [0.2, 0.25) is 5.02 Å². The monoisotopic (exact) mass is 365 g/mol. The molecule has 132 valence electrons. The molecule has 9 heteroatoms. The van der Waals surface area contributed by atoms with Crippen LogP contribution in [0.3, 0.4) is 0 Å². The number of amides is 2. The summed E-state index contributed by atoms with van der Waals surface area (Å²) in [6, 6.07) is 10.6. The van der Waals surface area contributed by atoms with Gasteiger partial charge in [0.1, 0.15) is 12.3 Å². The SMILES string of the molecule is O=C(NCCNC(=O)c1cccc(=O)n1O)OCc1ccc(Cl)cc1. The molecule has 1 aromatic carbocycles. The predicted molar refractivity (Wildman–Crippen MR) is 89.9 cm³/mol. The number of benzene rings is 1. The average molecular weight is 366 g/mol. The summed E-state index contributed by atoms with van der Waals surface area (Å²) in [7, 11) is 0. The summed E-state index contributed by atoms with van der Waals surface area (Å²) in [6.07, 6.45) is -0.636. The fourth-order valence-electron chi connectivity index (χ4n) is 1.87. The van der Waals surface area contributed by atoms with E-state index in [9.17, 15) is 19.6 Å². The molecule has 0 saturated carbocycles. The summed E-state index contributed by atoms with van der Waals surface area (Å²) < 4.78 is 5.26. The van der Waals surface area contributed by atoms with E-state index in [1.54, 1.807) is 24.3 Å². The number of carbonyl (C=O) groups is 2. The number of hydrogen-bond acceptors (Lipinski definition) is 5. The van der Waals surface area contributed by atoms with E-state index in [4.69, 9.17) is 16.3 Å². The minimum absolute atomic E-state index is 0.0934. The molecule has 2 rings (SSSR count). The van der Waals surface area contributed by atoms with Gasteiger partial charge in [0.15, 0.2) is 0 Å². The lowest BCUT2D eigenvalue weighted by molar-refractivity contribution is 0.0890. The molecule has 2 aromatic rings. The Morgan fingerprint density at radius 2 is 1.76 bits per heavy atom. The minimum atomic E-state index is -0.712. The normalized spacial score (nSPS) is 10.1. The van der Waals surface area contributed by atoms with Crippen molar-refractivity contribution >= 4 is 23.6 Å². The third-order valence-corrected chi connectivity index (χ3v) is 3.38. The molecule has 0 fully saturated rings. The topological polar surface area (TPSA) is 110 Å². The van der Waals surface area contributed by atoms with Gasteiger partial charge in [-0.3, -0.25) is 9.59 Å². The molecule has 0 aliphatic rings. The summed E-state index contributed by atoms with van der Waals surface area (Å²) in [5.41, 5.74) is -0.118. The molecule has 2 amide bonds. The van der Waals surface area contributed by atoms with Crippen molar-refractivity contribution in [3.05, 3.63) is 69.1 Å². The van der Waals surface area contributed by atoms with Crippen LogP contribution in [0.5, 0.6) is 0 Å². The highest BCUT2D eigenvalue weighted by molar-refractivity contribution is 6.30. The van der Waals surface area contributed by atoms with Crippen LogP contribution in [-0.2, 0) is 11.3 Å². The van der Waals surface area contributed by atoms with Crippen LogP contribution in [0.25, 0.3) is 0 Å². The molecule has 25 heavy (non-hydrogen) atoms. The maximum absolute atomic E-state index is 11.8. The highest BCUT2D eigenvalue weighted by atomic mass is 35.5. The molecule has 0 radical (unpaired) electrons. The maximum atomic E-state index is 11.8. The second kappa shape index (κ2) is 8.74. The van der Waals surface area contributed by atoms with Crippen LogP contribution >= 0.6 is 11.6 Å². The lowest BCUT2D eigenvalue weighted by atomic mass is 10.2. The van der Waals surface area contributed by atoms with E-state index in [0.29, 0.717) is 5.02 Å². The Labute approximate surface area is 147 Å². The van der Waals surface area contributed by atoms with Crippen molar-refractivity contribution < 1.29 is 19.5 Å². The van der Waals surface area contributed by atoms with Crippen LogP contribution in [0, 0.1) is 0 Å². The van der Waals surface area contributed by atoms with Gasteiger partial charge in [-0.25, -0.2) is 4.79 Å². The van der Waals surface area contributed by atoms with Crippen molar-refractivity contribution in [2.75, 3.05) is 13.1 Å². The van der Waals surface area contributed by atoms with E-state index in [-0.39, 0.29) is 30.1 Å². The number of alkyl carbamates (subject to hydrolysis) is 1. The molecule has 1 aromatic heterocycles. The number of pyridine rings is 1. The Morgan fingerprint density at radius 1 is 1.08 bits per heavy atom. The van der Waals surface area contributed by atoms with Crippen molar-refractivity contribution in [2.24, 2.45) is 0 Å². The van der Waals surface area contributed by atoms with Crippen molar-refractivity contribution in [2.45, 2.75) is 6.61 Å². The van der Waals surface area contributed by atoms with Gasteiger partial charge in [0.2, 0.25) is 0 Å².